The Morgan fingerprint density at radius 2 is 2.26 bits per heavy atom. The average molecular weight is 326 g/mol. The molecule has 1 amide bonds. The SMILES string of the molecule is NC(=O)OC1CC(Oc2cc(Br)cn3cncc23)C1. The van der Waals surface area contributed by atoms with Gasteiger partial charge in [-0.3, -0.25) is 0 Å². The highest BCUT2D eigenvalue weighted by Crippen LogP contribution is 2.31. The van der Waals surface area contributed by atoms with E-state index in [4.69, 9.17) is 15.2 Å². The molecule has 0 saturated heterocycles. The Hall–Kier alpha value is -1.76. The second-order valence-corrected chi connectivity index (χ2v) is 5.39. The van der Waals surface area contributed by atoms with Crippen molar-refractivity contribution in [1.82, 2.24) is 9.38 Å². The number of primary amides is 1. The molecular formula is C12H12BrN3O3. The molecule has 0 aliphatic heterocycles. The van der Waals surface area contributed by atoms with Crippen molar-refractivity contribution >= 4 is 27.5 Å². The fourth-order valence-electron chi connectivity index (χ4n) is 2.12. The molecule has 1 aliphatic carbocycles. The number of nitrogens with zero attached hydrogens (tertiary/aromatic N) is 2. The lowest BCUT2D eigenvalue weighted by Crippen LogP contribution is -2.41. The monoisotopic (exact) mass is 325 g/mol. The summed E-state index contributed by atoms with van der Waals surface area (Å²) in [4.78, 5) is 14.7. The van der Waals surface area contributed by atoms with Gasteiger partial charge in [-0.2, -0.15) is 0 Å². The predicted molar refractivity (Wildman–Crippen MR) is 71.0 cm³/mol. The van der Waals surface area contributed by atoms with Gasteiger partial charge >= 0.3 is 6.09 Å². The van der Waals surface area contributed by atoms with E-state index >= 15 is 0 Å². The van der Waals surface area contributed by atoms with Crippen LogP contribution in [0.1, 0.15) is 12.8 Å². The standard InChI is InChI=1S/C12H12BrN3O3/c13-7-1-11(10-4-15-6-16(10)5-7)18-8-2-9(3-8)19-12(14)17/h1,4-6,8-9H,2-3H2,(H2,14,17). The molecule has 0 spiro atoms. The molecule has 0 aromatic carbocycles. The molecule has 1 fully saturated rings. The molecule has 2 aromatic rings. The molecule has 19 heavy (non-hydrogen) atoms. The highest BCUT2D eigenvalue weighted by molar-refractivity contribution is 9.10. The number of amides is 1. The number of carbonyl (C=O) groups excluding carboxylic acids is 1. The minimum atomic E-state index is -0.732. The van der Waals surface area contributed by atoms with Crippen LogP contribution < -0.4 is 10.5 Å². The van der Waals surface area contributed by atoms with Crippen molar-refractivity contribution in [2.24, 2.45) is 5.73 Å². The molecule has 0 atom stereocenters. The summed E-state index contributed by atoms with van der Waals surface area (Å²) < 4.78 is 13.6. The van der Waals surface area contributed by atoms with E-state index < -0.39 is 6.09 Å². The third-order valence-corrected chi connectivity index (χ3v) is 3.51. The molecule has 2 N–H and O–H groups in total. The van der Waals surface area contributed by atoms with Gasteiger partial charge in [-0.1, -0.05) is 0 Å². The minimum absolute atomic E-state index is 0.0392. The van der Waals surface area contributed by atoms with Crippen LogP contribution in [0.5, 0.6) is 5.75 Å². The molecule has 1 aliphatic rings. The maximum atomic E-state index is 10.6. The Morgan fingerprint density at radius 1 is 1.47 bits per heavy atom. The van der Waals surface area contributed by atoms with E-state index in [2.05, 4.69) is 20.9 Å². The van der Waals surface area contributed by atoms with Crippen molar-refractivity contribution in [3.05, 3.63) is 29.3 Å². The van der Waals surface area contributed by atoms with Gasteiger partial charge in [-0.05, 0) is 22.0 Å². The van der Waals surface area contributed by atoms with Gasteiger partial charge in [-0.25, -0.2) is 9.78 Å². The molecular weight excluding hydrogens is 314 g/mol. The summed E-state index contributed by atoms with van der Waals surface area (Å²) in [7, 11) is 0. The lowest BCUT2D eigenvalue weighted by atomic mass is 9.92. The molecule has 3 rings (SSSR count). The van der Waals surface area contributed by atoms with Crippen LogP contribution in [0.2, 0.25) is 0 Å². The van der Waals surface area contributed by atoms with Gasteiger partial charge in [0.05, 0.1) is 12.5 Å². The van der Waals surface area contributed by atoms with Gasteiger partial charge in [0.25, 0.3) is 0 Å². The Labute approximate surface area is 117 Å². The van der Waals surface area contributed by atoms with Crippen LogP contribution in [0.15, 0.2) is 29.3 Å². The van der Waals surface area contributed by atoms with E-state index in [0.717, 1.165) is 15.7 Å². The van der Waals surface area contributed by atoms with Gasteiger partial charge in [0.1, 0.15) is 23.5 Å². The number of hydrogen-bond acceptors (Lipinski definition) is 4. The largest absolute Gasteiger partial charge is 0.488 e. The van der Waals surface area contributed by atoms with Crippen LogP contribution in [0, 0.1) is 0 Å². The molecule has 6 nitrogen and oxygen atoms in total. The van der Waals surface area contributed by atoms with E-state index in [1.54, 1.807) is 12.5 Å². The average Bonchev–Trinajstić information content (AvgIpc) is 2.73. The van der Waals surface area contributed by atoms with Gasteiger partial charge in [-0.15, -0.1) is 0 Å². The number of aromatic nitrogens is 2. The Morgan fingerprint density at radius 3 is 3.00 bits per heavy atom. The number of hydrogen-bond donors (Lipinski definition) is 1. The number of rotatable bonds is 3. The number of imidazole rings is 1. The van der Waals surface area contributed by atoms with Crippen LogP contribution >= 0.6 is 15.9 Å². The predicted octanol–water partition coefficient (Wildman–Crippen LogP) is 2.10. The second kappa shape index (κ2) is 4.73. The first kappa shape index (κ1) is 12.3. The quantitative estimate of drug-likeness (QED) is 0.937. The van der Waals surface area contributed by atoms with E-state index in [9.17, 15) is 4.79 Å². The number of pyridine rings is 1. The van der Waals surface area contributed by atoms with Crippen LogP contribution in [-0.2, 0) is 4.74 Å². The summed E-state index contributed by atoms with van der Waals surface area (Å²) in [6.45, 7) is 0. The normalized spacial score (nSPS) is 21.9. The maximum absolute atomic E-state index is 10.6. The Balaban J connectivity index is 1.70. The minimum Gasteiger partial charge on any atom is -0.488 e. The van der Waals surface area contributed by atoms with Gasteiger partial charge < -0.3 is 19.6 Å². The lowest BCUT2D eigenvalue weighted by molar-refractivity contribution is -0.0192. The summed E-state index contributed by atoms with van der Waals surface area (Å²) in [5.41, 5.74) is 5.87. The Bertz CT molecular complexity index is 622. The van der Waals surface area contributed by atoms with E-state index in [0.29, 0.717) is 12.8 Å². The molecule has 1 saturated carbocycles. The molecule has 0 bridgehead atoms. The first-order chi connectivity index (χ1) is 9.11. The fraction of sp³-hybridized carbons (Fsp3) is 0.333. The molecule has 7 heteroatoms. The molecule has 100 valence electrons. The number of nitrogens with two attached hydrogens (primary N) is 1. The molecule has 0 unspecified atom stereocenters. The van der Waals surface area contributed by atoms with Crippen LogP contribution in [0.25, 0.3) is 5.52 Å². The van der Waals surface area contributed by atoms with Crippen molar-refractivity contribution in [3.8, 4) is 5.75 Å². The summed E-state index contributed by atoms with van der Waals surface area (Å²) in [6, 6.07) is 1.90. The second-order valence-electron chi connectivity index (χ2n) is 4.48. The third-order valence-electron chi connectivity index (χ3n) is 3.08. The number of halogens is 1. The lowest BCUT2D eigenvalue weighted by Gasteiger charge is -2.34. The summed E-state index contributed by atoms with van der Waals surface area (Å²) >= 11 is 3.43. The smallest absolute Gasteiger partial charge is 0.404 e. The zero-order chi connectivity index (χ0) is 13.4. The summed E-state index contributed by atoms with van der Waals surface area (Å²) in [6.07, 6.45) is 5.88. The van der Waals surface area contributed by atoms with Crippen molar-refractivity contribution < 1.29 is 14.3 Å². The van der Waals surface area contributed by atoms with Crippen molar-refractivity contribution in [2.45, 2.75) is 25.0 Å². The number of fused-ring (bicyclic) bond motifs is 1. The van der Waals surface area contributed by atoms with Gasteiger partial charge in [0.2, 0.25) is 0 Å². The van der Waals surface area contributed by atoms with Gasteiger partial charge in [0.15, 0.2) is 0 Å². The maximum Gasteiger partial charge on any atom is 0.404 e. The van der Waals surface area contributed by atoms with E-state index in [-0.39, 0.29) is 12.2 Å². The molecule has 2 aromatic heterocycles. The molecule has 0 radical (unpaired) electrons. The first-order valence-corrected chi connectivity index (χ1v) is 6.65. The Kier molecular flexibility index (Phi) is 3.06. The number of ether oxygens (including phenoxy) is 2. The van der Waals surface area contributed by atoms with Crippen molar-refractivity contribution in [1.29, 1.82) is 0 Å². The van der Waals surface area contributed by atoms with Crippen LogP contribution in [0.3, 0.4) is 0 Å². The van der Waals surface area contributed by atoms with Crippen molar-refractivity contribution in [3.63, 3.8) is 0 Å². The summed E-state index contributed by atoms with van der Waals surface area (Å²) in [5, 5.41) is 0. The van der Waals surface area contributed by atoms with E-state index in [1.165, 1.54) is 0 Å². The third kappa shape index (κ3) is 2.51. The highest BCUT2D eigenvalue weighted by Gasteiger charge is 2.34. The van der Waals surface area contributed by atoms with Gasteiger partial charge in [0, 0.05) is 23.5 Å². The topological polar surface area (TPSA) is 78.9 Å². The van der Waals surface area contributed by atoms with Crippen LogP contribution in [-0.4, -0.2) is 27.7 Å². The van der Waals surface area contributed by atoms with Crippen molar-refractivity contribution in [2.75, 3.05) is 0 Å². The fourth-order valence-corrected chi connectivity index (χ4v) is 2.54. The zero-order valence-corrected chi connectivity index (χ0v) is 11.5. The van der Waals surface area contributed by atoms with Crippen LogP contribution in [0.4, 0.5) is 4.79 Å². The molecule has 2 heterocycles. The zero-order valence-electron chi connectivity index (χ0n) is 9.95. The highest BCUT2D eigenvalue weighted by atomic mass is 79.9. The number of carbonyl (C=O) groups is 1. The first-order valence-electron chi connectivity index (χ1n) is 5.86. The summed E-state index contributed by atoms with van der Waals surface area (Å²) in [5.74, 6) is 0.759. The van der Waals surface area contributed by atoms with E-state index in [1.807, 2.05) is 16.7 Å².